The van der Waals surface area contributed by atoms with Gasteiger partial charge in [-0.05, 0) is 6.92 Å². The van der Waals surface area contributed by atoms with E-state index in [1.54, 1.807) is 58.0 Å². The molecule has 1 atom stereocenters. The molecule has 1 unspecified atom stereocenters. The topological polar surface area (TPSA) is 60.4 Å². The van der Waals surface area contributed by atoms with Crippen LogP contribution in [0.2, 0.25) is 0 Å². The molecule has 0 spiro atoms. The predicted octanol–water partition coefficient (Wildman–Crippen LogP) is 2.66. The minimum atomic E-state index is -1.39. The SMILES string of the molecule is CCOC(=O)C(C(=O)c1ccccc1)C(=O)C(C)(C)C. The summed E-state index contributed by atoms with van der Waals surface area (Å²) in [5, 5.41) is 0. The summed E-state index contributed by atoms with van der Waals surface area (Å²) in [5.41, 5.74) is -0.454. The van der Waals surface area contributed by atoms with Gasteiger partial charge >= 0.3 is 5.97 Å². The number of ketones is 2. The summed E-state index contributed by atoms with van der Waals surface area (Å²) in [6.45, 7) is 6.82. The average Bonchev–Trinajstić information content (AvgIpc) is 2.39. The van der Waals surface area contributed by atoms with E-state index in [-0.39, 0.29) is 6.61 Å². The maximum atomic E-state index is 12.4. The fourth-order valence-electron chi connectivity index (χ4n) is 1.76. The zero-order valence-corrected chi connectivity index (χ0v) is 12.3. The predicted molar refractivity (Wildman–Crippen MR) is 75.4 cm³/mol. The van der Waals surface area contributed by atoms with E-state index >= 15 is 0 Å². The largest absolute Gasteiger partial charge is 0.465 e. The van der Waals surface area contributed by atoms with Crippen molar-refractivity contribution in [3.05, 3.63) is 35.9 Å². The Balaban J connectivity index is 3.15. The number of benzene rings is 1. The molecule has 4 heteroatoms. The second-order valence-corrected chi connectivity index (χ2v) is 5.53. The molecule has 0 aliphatic rings. The smallest absolute Gasteiger partial charge is 0.324 e. The molecule has 4 nitrogen and oxygen atoms in total. The van der Waals surface area contributed by atoms with Crippen LogP contribution in [0.4, 0.5) is 0 Å². The molecule has 0 aromatic heterocycles. The number of hydrogen-bond acceptors (Lipinski definition) is 4. The zero-order valence-electron chi connectivity index (χ0n) is 12.3. The van der Waals surface area contributed by atoms with E-state index in [0.29, 0.717) is 5.56 Å². The van der Waals surface area contributed by atoms with Crippen LogP contribution >= 0.6 is 0 Å². The highest BCUT2D eigenvalue weighted by atomic mass is 16.5. The number of carbonyl (C=O) groups excluding carboxylic acids is 3. The summed E-state index contributed by atoms with van der Waals surface area (Å²) in [6, 6.07) is 8.32. The number of Topliss-reactive ketones (excluding diaryl/α,β-unsaturated/α-hetero) is 2. The maximum Gasteiger partial charge on any atom is 0.324 e. The quantitative estimate of drug-likeness (QED) is 0.471. The molecular weight excluding hydrogens is 256 g/mol. The lowest BCUT2D eigenvalue weighted by Gasteiger charge is -2.22. The van der Waals surface area contributed by atoms with Gasteiger partial charge in [-0.25, -0.2) is 0 Å². The zero-order chi connectivity index (χ0) is 15.3. The Morgan fingerprint density at radius 1 is 1.10 bits per heavy atom. The standard InChI is InChI=1S/C16H20O4/c1-5-20-15(19)12(14(18)16(2,3)4)13(17)11-9-7-6-8-10-11/h6-10,12H,5H2,1-4H3. The van der Waals surface area contributed by atoms with Crippen LogP contribution in [0.5, 0.6) is 0 Å². The van der Waals surface area contributed by atoms with Crippen LogP contribution in [0.25, 0.3) is 0 Å². The van der Waals surface area contributed by atoms with Gasteiger partial charge in [0.05, 0.1) is 6.61 Å². The average molecular weight is 276 g/mol. The molecule has 108 valence electrons. The lowest BCUT2D eigenvalue weighted by Crippen LogP contribution is -2.40. The van der Waals surface area contributed by atoms with Crippen molar-refractivity contribution in [2.75, 3.05) is 6.61 Å². The van der Waals surface area contributed by atoms with Crippen molar-refractivity contribution in [3.8, 4) is 0 Å². The van der Waals surface area contributed by atoms with E-state index in [2.05, 4.69) is 0 Å². The van der Waals surface area contributed by atoms with Gasteiger partial charge in [0.15, 0.2) is 17.5 Å². The monoisotopic (exact) mass is 276 g/mol. The number of hydrogen-bond donors (Lipinski definition) is 0. The van der Waals surface area contributed by atoms with Crippen molar-refractivity contribution >= 4 is 17.5 Å². The summed E-state index contributed by atoms with van der Waals surface area (Å²) in [6.07, 6.45) is 0. The normalized spacial score (nSPS) is 12.6. The summed E-state index contributed by atoms with van der Waals surface area (Å²) in [5.74, 6) is -3.10. The van der Waals surface area contributed by atoms with E-state index in [1.807, 2.05) is 0 Å². The molecule has 1 rings (SSSR count). The molecule has 0 aliphatic carbocycles. The summed E-state index contributed by atoms with van der Waals surface area (Å²) < 4.78 is 4.88. The third-order valence-electron chi connectivity index (χ3n) is 2.84. The van der Waals surface area contributed by atoms with E-state index < -0.39 is 28.9 Å². The molecule has 0 heterocycles. The highest BCUT2D eigenvalue weighted by molar-refractivity contribution is 6.23. The van der Waals surface area contributed by atoms with Crippen LogP contribution < -0.4 is 0 Å². The van der Waals surface area contributed by atoms with Gasteiger partial charge in [-0.15, -0.1) is 0 Å². The number of rotatable bonds is 5. The van der Waals surface area contributed by atoms with Gasteiger partial charge in [-0.3, -0.25) is 14.4 Å². The summed E-state index contributed by atoms with van der Waals surface area (Å²) >= 11 is 0. The van der Waals surface area contributed by atoms with Gasteiger partial charge in [0.25, 0.3) is 0 Å². The molecule has 1 aromatic rings. The first-order chi connectivity index (χ1) is 9.29. The van der Waals surface area contributed by atoms with E-state index in [9.17, 15) is 14.4 Å². The summed E-state index contributed by atoms with van der Waals surface area (Å²) in [4.78, 5) is 36.8. The highest BCUT2D eigenvalue weighted by Gasteiger charge is 2.41. The third-order valence-corrected chi connectivity index (χ3v) is 2.84. The molecule has 0 saturated heterocycles. The van der Waals surface area contributed by atoms with Crippen LogP contribution in [0.15, 0.2) is 30.3 Å². The molecule has 20 heavy (non-hydrogen) atoms. The van der Waals surface area contributed by atoms with Crippen LogP contribution in [0, 0.1) is 11.3 Å². The van der Waals surface area contributed by atoms with Crippen molar-refractivity contribution in [2.24, 2.45) is 11.3 Å². The number of carbonyl (C=O) groups is 3. The van der Waals surface area contributed by atoms with Gasteiger partial charge in [0.1, 0.15) is 0 Å². The molecule has 0 saturated carbocycles. The molecule has 0 aliphatic heterocycles. The van der Waals surface area contributed by atoms with Gasteiger partial charge in [0, 0.05) is 11.0 Å². The second-order valence-electron chi connectivity index (χ2n) is 5.53. The van der Waals surface area contributed by atoms with Gasteiger partial charge in [-0.1, -0.05) is 51.1 Å². The second kappa shape index (κ2) is 6.46. The first kappa shape index (κ1) is 16.1. The van der Waals surface area contributed by atoms with Crippen LogP contribution in [0.3, 0.4) is 0 Å². The van der Waals surface area contributed by atoms with Crippen molar-refractivity contribution < 1.29 is 19.1 Å². The highest BCUT2D eigenvalue weighted by Crippen LogP contribution is 2.24. The van der Waals surface area contributed by atoms with Gasteiger partial charge in [0.2, 0.25) is 0 Å². The first-order valence-electron chi connectivity index (χ1n) is 6.59. The lowest BCUT2D eigenvalue weighted by atomic mass is 9.80. The minimum Gasteiger partial charge on any atom is -0.465 e. The first-order valence-corrected chi connectivity index (χ1v) is 6.59. The lowest BCUT2D eigenvalue weighted by molar-refractivity contribution is -0.151. The van der Waals surface area contributed by atoms with E-state index in [0.717, 1.165) is 0 Å². The van der Waals surface area contributed by atoms with Crippen molar-refractivity contribution in [1.82, 2.24) is 0 Å². The molecule has 0 N–H and O–H groups in total. The molecule has 0 radical (unpaired) electrons. The Morgan fingerprint density at radius 2 is 1.65 bits per heavy atom. The van der Waals surface area contributed by atoms with Gasteiger partial charge in [-0.2, -0.15) is 0 Å². The fraction of sp³-hybridized carbons (Fsp3) is 0.438. The minimum absolute atomic E-state index is 0.134. The molecule has 1 aromatic carbocycles. The van der Waals surface area contributed by atoms with E-state index in [4.69, 9.17) is 4.74 Å². The Bertz CT molecular complexity index is 497. The number of esters is 1. The Hall–Kier alpha value is -1.97. The Kier molecular flexibility index (Phi) is 5.19. The van der Waals surface area contributed by atoms with Crippen LogP contribution in [0.1, 0.15) is 38.1 Å². The van der Waals surface area contributed by atoms with Crippen LogP contribution in [-0.4, -0.2) is 24.1 Å². The Labute approximate surface area is 119 Å². The maximum absolute atomic E-state index is 12.4. The summed E-state index contributed by atoms with van der Waals surface area (Å²) in [7, 11) is 0. The van der Waals surface area contributed by atoms with Crippen LogP contribution in [-0.2, 0) is 14.3 Å². The molecule has 0 fully saturated rings. The molecule has 0 bridgehead atoms. The Morgan fingerprint density at radius 3 is 2.10 bits per heavy atom. The van der Waals surface area contributed by atoms with Crippen molar-refractivity contribution in [2.45, 2.75) is 27.7 Å². The third kappa shape index (κ3) is 3.76. The molecular formula is C16H20O4. The molecule has 0 amide bonds. The van der Waals surface area contributed by atoms with E-state index in [1.165, 1.54) is 0 Å². The van der Waals surface area contributed by atoms with Crippen molar-refractivity contribution in [1.29, 1.82) is 0 Å². The van der Waals surface area contributed by atoms with Gasteiger partial charge < -0.3 is 4.74 Å². The fourth-order valence-corrected chi connectivity index (χ4v) is 1.76. The van der Waals surface area contributed by atoms with Crippen molar-refractivity contribution in [3.63, 3.8) is 0 Å². The number of ether oxygens (including phenoxy) is 1.